The maximum Gasteiger partial charge on any atom is 0.253 e. The molecular formula is C7H7N3O4. The Hall–Kier alpha value is -2.10. The van der Waals surface area contributed by atoms with Crippen LogP contribution in [0, 0.1) is 0 Å². The number of nitrogens with zero attached hydrogens (tertiary/aromatic N) is 3. The summed E-state index contributed by atoms with van der Waals surface area (Å²) >= 11 is 0. The standard InChI is InChI=1S/C7H7N3O4/c1-6(13)10(3-9-5-12)7(14)2-8-4-11/h2-3H2,1H3. The molecule has 0 N–H and O–H groups in total. The predicted octanol–water partition coefficient (Wildman–Crippen LogP) is -1.01. The van der Waals surface area contributed by atoms with E-state index >= 15 is 0 Å². The first-order valence-corrected chi connectivity index (χ1v) is 3.51. The molecule has 7 nitrogen and oxygen atoms in total. The van der Waals surface area contributed by atoms with Gasteiger partial charge in [0.2, 0.25) is 18.1 Å². The van der Waals surface area contributed by atoms with E-state index in [0.717, 1.165) is 13.0 Å². The van der Waals surface area contributed by atoms with Crippen molar-refractivity contribution in [2.24, 2.45) is 9.98 Å². The first kappa shape index (κ1) is 11.9. The molecule has 0 aromatic heterocycles. The van der Waals surface area contributed by atoms with Crippen LogP contribution in [0.3, 0.4) is 0 Å². The van der Waals surface area contributed by atoms with Gasteiger partial charge in [-0.3, -0.25) is 14.5 Å². The van der Waals surface area contributed by atoms with Gasteiger partial charge in [0.15, 0.2) is 0 Å². The minimum absolute atomic E-state index is 0.411. The largest absolute Gasteiger partial charge is 0.275 e. The van der Waals surface area contributed by atoms with Crippen LogP contribution in [-0.4, -0.2) is 42.1 Å². The number of amides is 2. The van der Waals surface area contributed by atoms with Crippen molar-refractivity contribution in [2.75, 3.05) is 13.2 Å². The van der Waals surface area contributed by atoms with Crippen LogP contribution in [0.25, 0.3) is 0 Å². The molecule has 0 spiro atoms. The van der Waals surface area contributed by atoms with Gasteiger partial charge >= 0.3 is 0 Å². The monoisotopic (exact) mass is 197 g/mol. The fraction of sp³-hybridized carbons (Fsp3) is 0.429. The average molecular weight is 197 g/mol. The van der Waals surface area contributed by atoms with E-state index in [1.54, 1.807) is 0 Å². The smallest absolute Gasteiger partial charge is 0.253 e. The second-order valence-corrected chi connectivity index (χ2v) is 2.14. The number of aliphatic imine (C=N–C) groups is 2. The molecule has 0 unspecified atom stereocenters. The van der Waals surface area contributed by atoms with E-state index in [4.69, 9.17) is 0 Å². The van der Waals surface area contributed by atoms with Crippen LogP contribution in [-0.2, 0) is 19.2 Å². The number of carbonyl (C=O) groups is 2. The molecule has 0 aliphatic rings. The Labute approximate surface area is 79.1 Å². The summed E-state index contributed by atoms with van der Waals surface area (Å²) in [5.74, 6) is -1.31. The van der Waals surface area contributed by atoms with Crippen molar-refractivity contribution in [3.63, 3.8) is 0 Å². The van der Waals surface area contributed by atoms with E-state index in [-0.39, 0.29) is 0 Å². The maximum atomic E-state index is 11.1. The van der Waals surface area contributed by atoms with Gasteiger partial charge in [0.25, 0.3) is 5.91 Å². The highest BCUT2D eigenvalue weighted by Gasteiger charge is 2.16. The zero-order chi connectivity index (χ0) is 11.0. The van der Waals surface area contributed by atoms with E-state index in [9.17, 15) is 19.2 Å². The summed E-state index contributed by atoms with van der Waals surface area (Å²) in [4.78, 5) is 48.1. The number of hydrogen-bond donors (Lipinski definition) is 0. The van der Waals surface area contributed by atoms with Gasteiger partial charge in [-0.15, -0.1) is 0 Å². The Morgan fingerprint density at radius 3 is 2.21 bits per heavy atom. The predicted molar refractivity (Wildman–Crippen MR) is 43.5 cm³/mol. The molecular weight excluding hydrogens is 190 g/mol. The molecule has 0 bridgehead atoms. The van der Waals surface area contributed by atoms with Crippen LogP contribution < -0.4 is 0 Å². The third-order valence-electron chi connectivity index (χ3n) is 1.24. The van der Waals surface area contributed by atoms with Crippen molar-refractivity contribution in [3.8, 4) is 0 Å². The van der Waals surface area contributed by atoms with Crippen molar-refractivity contribution in [3.05, 3.63) is 0 Å². The molecule has 0 aromatic carbocycles. The Morgan fingerprint density at radius 2 is 1.79 bits per heavy atom. The molecule has 0 heterocycles. The zero-order valence-electron chi connectivity index (χ0n) is 7.39. The molecule has 0 fully saturated rings. The SMILES string of the molecule is CC(=O)N(CN=C=O)C(=O)CN=C=O. The molecule has 14 heavy (non-hydrogen) atoms. The fourth-order valence-corrected chi connectivity index (χ4v) is 0.639. The second-order valence-electron chi connectivity index (χ2n) is 2.14. The molecule has 0 aliphatic heterocycles. The molecule has 0 rings (SSSR count). The van der Waals surface area contributed by atoms with Crippen molar-refractivity contribution in [2.45, 2.75) is 6.92 Å². The molecule has 2 amide bonds. The van der Waals surface area contributed by atoms with E-state index in [1.807, 2.05) is 0 Å². The summed E-state index contributed by atoms with van der Waals surface area (Å²) in [6.45, 7) is 0.229. The average Bonchev–Trinajstić information content (AvgIpc) is 2.14. The molecule has 74 valence electrons. The first-order chi connectivity index (χ1) is 6.63. The lowest BCUT2D eigenvalue weighted by Gasteiger charge is -2.13. The Morgan fingerprint density at radius 1 is 1.21 bits per heavy atom. The number of hydrogen-bond acceptors (Lipinski definition) is 6. The molecule has 0 atom stereocenters. The van der Waals surface area contributed by atoms with Crippen molar-refractivity contribution in [1.82, 2.24) is 4.90 Å². The van der Waals surface area contributed by atoms with Gasteiger partial charge in [0.05, 0.1) is 0 Å². The summed E-state index contributed by atoms with van der Waals surface area (Å²) in [5.41, 5.74) is 0. The molecule has 0 saturated carbocycles. The number of carbonyl (C=O) groups excluding carboxylic acids is 4. The molecule has 0 aromatic rings. The molecule has 7 heteroatoms. The number of imide groups is 1. The Balaban J connectivity index is 4.47. The third-order valence-corrected chi connectivity index (χ3v) is 1.24. The van der Waals surface area contributed by atoms with Crippen LogP contribution in [0.1, 0.15) is 6.92 Å². The number of rotatable bonds is 4. The van der Waals surface area contributed by atoms with Crippen LogP contribution in [0.15, 0.2) is 9.98 Å². The van der Waals surface area contributed by atoms with Crippen LogP contribution >= 0.6 is 0 Å². The lowest BCUT2D eigenvalue weighted by Crippen LogP contribution is -2.36. The van der Waals surface area contributed by atoms with Crippen LogP contribution in [0.5, 0.6) is 0 Å². The van der Waals surface area contributed by atoms with Gasteiger partial charge in [-0.05, 0) is 0 Å². The van der Waals surface area contributed by atoms with E-state index < -0.39 is 25.0 Å². The van der Waals surface area contributed by atoms with Crippen LogP contribution in [0.4, 0.5) is 0 Å². The van der Waals surface area contributed by atoms with E-state index in [1.165, 1.54) is 6.08 Å². The minimum atomic E-state index is -0.722. The third kappa shape index (κ3) is 4.06. The molecule has 0 saturated heterocycles. The van der Waals surface area contributed by atoms with Crippen molar-refractivity contribution < 1.29 is 19.2 Å². The van der Waals surface area contributed by atoms with E-state index in [0.29, 0.717) is 4.90 Å². The highest BCUT2D eigenvalue weighted by molar-refractivity contribution is 5.95. The van der Waals surface area contributed by atoms with Crippen LogP contribution in [0.2, 0.25) is 0 Å². The summed E-state index contributed by atoms with van der Waals surface area (Å²) in [5, 5.41) is 0. The van der Waals surface area contributed by atoms with Gasteiger partial charge < -0.3 is 0 Å². The van der Waals surface area contributed by atoms with Gasteiger partial charge in [0, 0.05) is 6.92 Å². The van der Waals surface area contributed by atoms with Crippen molar-refractivity contribution >= 4 is 24.0 Å². The summed E-state index contributed by atoms with van der Waals surface area (Å²) in [6.07, 6.45) is 2.34. The highest BCUT2D eigenvalue weighted by atomic mass is 16.2. The Bertz CT molecular complexity index is 326. The maximum absolute atomic E-state index is 11.1. The van der Waals surface area contributed by atoms with Gasteiger partial charge in [-0.25, -0.2) is 9.59 Å². The Kier molecular flexibility index (Phi) is 5.46. The summed E-state index contributed by atoms with van der Waals surface area (Å²) in [7, 11) is 0. The lowest BCUT2D eigenvalue weighted by atomic mass is 10.5. The zero-order valence-corrected chi connectivity index (χ0v) is 7.39. The van der Waals surface area contributed by atoms with E-state index in [2.05, 4.69) is 9.98 Å². The fourth-order valence-electron chi connectivity index (χ4n) is 0.639. The molecule has 0 aliphatic carbocycles. The second kappa shape index (κ2) is 6.42. The van der Waals surface area contributed by atoms with Gasteiger partial charge in [0.1, 0.15) is 13.2 Å². The van der Waals surface area contributed by atoms with Gasteiger partial charge in [-0.2, -0.15) is 9.98 Å². The topological polar surface area (TPSA) is 96.2 Å². The number of isocyanates is 2. The minimum Gasteiger partial charge on any atom is -0.275 e. The first-order valence-electron chi connectivity index (χ1n) is 3.51. The summed E-state index contributed by atoms with van der Waals surface area (Å²) in [6, 6.07) is 0. The quantitative estimate of drug-likeness (QED) is 0.426. The van der Waals surface area contributed by atoms with Gasteiger partial charge in [-0.1, -0.05) is 0 Å². The normalized spacial score (nSPS) is 8.07. The highest BCUT2D eigenvalue weighted by Crippen LogP contribution is 1.92. The van der Waals surface area contributed by atoms with Crippen molar-refractivity contribution in [1.29, 1.82) is 0 Å². The molecule has 0 radical (unpaired) electrons. The summed E-state index contributed by atoms with van der Waals surface area (Å²) < 4.78 is 0. The lowest BCUT2D eigenvalue weighted by molar-refractivity contribution is -0.142.